The van der Waals surface area contributed by atoms with Gasteiger partial charge in [-0.05, 0) is 0 Å². The summed E-state index contributed by atoms with van der Waals surface area (Å²) in [5.41, 5.74) is -0.607. The topological polar surface area (TPSA) is 183 Å². The third-order valence-electron chi connectivity index (χ3n) is 3.44. The van der Waals surface area contributed by atoms with Gasteiger partial charge in [0.1, 0.15) is 5.65 Å². The minimum absolute atomic E-state index is 0.152. The summed E-state index contributed by atoms with van der Waals surface area (Å²) in [5.74, 6) is -0.884. The Labute approximate surface area is 147 Å². The molecule has 0 radical (unpaired) electrons. The molecule has 0 saturated carbocycles. The maximum atomic E-state index is 12.3. The zero-order chi connectivity index (χ0) is 19.6. The van der Waals surface area contributed by atoms with E-state index in [0.29, 0.717) is 5.56 Å². The van der Waals surface area contributed by atoms with Gasteiger partial charge >= 0.3 is 5.69 Å². The summed E-state index contributed by atoms with van der Waals surface area (Å²) >= 11 is 0. The fourth-order valence-electron chi connectivity index (χ4n) is 2.32. The molecule has 136 valence electrons. The smallest absolute Gasteiger partial charge is 0.308 e. The molecule has 0 aliphatic carbocycles. The van der Waals surface area contributed by atoms with Crippen LogP contribution in [0.4, 0.5) is 5.69 Å². The number of rotatable bonds is 4. The maximum absolute atomic E-state index is 12.3. The van der Waals surface area contributed by atoms with E-state index >= 15 is 0 Å². The van der Waals surface area contributed by atoms with Crippen LogP contribution in [0, 0.1) is 10.1 Å². The molecule has 4 N–H and O–H groups in total. The minimum atomic E-state index is -0.884. The van der Waals surface area contributed by atoms with Crippen molar-refractivity contribution in [3.8, 4) is 0 Å². The van der Waals surface area contributed by atoms with Gasteiger partial charge in [-0.2, -0.15) is 5.10 Å². The Balaban J connectivity index is 1.92. The van der Waals surface area contributed by atoms with Crippen molar-refractivity contribution in [3.05, 3.63) is 82.8 Å². The summed E-state index contributed by atoms with van der Waals surface area (Å²) in [6.45, 7) is 0. The molecule has 0 spiro atoms. The number of non-ortho nitro benzene ring substituents is 1. The Morgan fingerprint density at radius 1 is 1.15 bits per heavy atom. The van der Waals surface area contributed by atoms with Crippen LogP contribution in [0.5, 0.6) is 0 Å². The van der Waals surface area contributed by atoms with Crippen molar-refractivity contribution in [2.24, 2.45) is 5.10 Å². The van der Waals surface area contributed by atoms with E-state index in [0.717, 1.165) is 12.3 Å². The molecule has 1 aromatic carbocycles. The molecular weight excluding hydrogens is 360 g/mol. The van der Waals surface area contributed by atoms with E-state index in [1.54, 1.807) is 0 Å². The van der Waals surface area contributed by atoms with Crippen molar-refractivity contribution in [2.45, 2.75) is 0 Å². The van der Waals surface area contributed by atoms with Crippen LogP contribution in [-0.4, -0.2) is 32.0 Å². The molecule has 1 amide bonds. The highest BCUT2D eigenvalue weighted by Gasteiger charge is 2.15. The Kier molecular flexibility index (Phi) is 4.45. The summed E-state index contributed by atoms with van der Waals surface area (Å²) in [6.07, 6.45) is 1.16. The lowest BCUT2D eigenvalue weighted by Crippen LogP contribution is -2.28. The number of hydrogen-bond donors (Lipinski definition) is 4. The number of hydrazone groups is 1. The van der Waals surface area contributed by atoms with Crippen LogP contribution in [-0.2, 0) is 0 Å². The number of carbonyl (C=O) groups is 1. The first-order valence-corrected chi connectivity index (χ1v) is 7.32. The van der Waals surface area contributed by atoms with Crippen LogP contribution in [0.3, 0.4) is 0 Å². The van der Waals surface area contributed by atoms with E-state index < -0.39 is 27.6 Å². The first kappa shape index (κ1) is 17.5. The number of nitrogens with zero attached hydrogens (tertiary/aromatic N) is 2. The number of amides is 1. The summed E-state index contributed by atoms with van der Waals surface area (Å²) in [5, 5.41) is 14.2. The number of benzene rings is 1. The quantitative estimate of drug-likeness (QED) is 0.274. The lowest BCUT2D eigenvalue weighted by Gasteiger charge is -2.03. The van der Waals surface area contributed by atoms with Gasteiger partial charge in [0.2, 0.25) is 5.56 Å². The molecule has 27 heavy (non-hydrogen) atoms. The Morgan fingerprint density at radius 3 is 2.67 bits per heavy atom. The van der Waals surface area contributed by atoms with Gasteiger partial charge in [0.05, 0.1) is 22.1 Å². The molecule has 2 heterocycles. The Hall–Kier alpha value is -4.35. The number of nitrogens with one attached hydrogen (secondary N) is 4. The van der Waals surface area contributed by atoms with Crippen molar-refractivity contribution in [1.29, 1.82) is 0 Å². The van der Waals surface area contributed by atoms with Crippen molar-refractivity contribution in [1.82, 2.24) is 20.4 Å². The number of pyridine rings is 1. The summed E-state index contributed by atoms with van der Waals surface area (Å²) in [7, 11) is 0. The average molecular weight is 370 g/mol. The summed E-state index contributed by atoms with van der Waals surface area (Å²) in [4.78, 5) is 63.8. The normalized spacial score (nSPS) is 11.0. The molecule has 2 aromatic heterocycles. The first-order valence-electron chi connectivity index (χ1n) is 7.32. The number of nitro groups is 1. The summed E-state index contributed by atoms with van der Waals surface area (Å²) in [6, 6.07) is 6.40. The van der Waals surface area contributed by atoms with Gasteiger partial charge in [0.25, 0.3) is 17.2 Å². The predicted molar refractivity (Wildman–Crippen MR) is 94.0 cm³/mol. The van der Waals surface area contributed by atoms with Crippen molar-refractivity contribution in [2.75, 3.05) is 0 Å². The maximum Gasteiger partial charge on any atom is 0.327 e. The third kappa shape index (κ3) is 3.68. The molecule has 0 bridgehead atoms. The van der Waals surface area contributed by atoms with Crippen LogP contribution in [0.2, 0.25) is 0 Å². The van der Waals surface area contributed by atoms with Gasteiger partial charge in [-0.1, -0.05) is 12.1 Å². The van der Waals surface area contributed by atoms with Gasteiger partial charge < -0.3 is 4.98 Å². The van der Waals surface area contributed by atoms with Crippen molar-refractivity contribution in [3.63, 3.8) is 0 Å². The van der Waals surface area contributed by atoms with E-state index in [-0.39, 0.29) is 22.3 Å². The number of aromatic nitrogens is 3. The van der Waals surface area contributed by atoms with Crippen LogP contribution in [0.25, 0.3) is 11.0 Å². The van der Waals surface area contributed by atoms with Gasteiger partial charge in [-0.15, -0.1) is 0 Å². The van der Waals surface area contributed by atoms with Gasteiger partial charge in [0, 0.05) is 23.8 Å². The van der Waals surface area contributed by atoms with Gasteiger partial charge in [-0.3, -0.25) is 34.5 Å². The van der Waals surface area contributed by atoms with Crippen LogP contribution < -0.4 is 22.2 Å². The van der Waals surface area contributed by atoms with E-state index in [1.807, 2.05) is 4.98 Å². The molecule has 0 saturated heterocycles. The predicted octanol–water partition coefficient (Wildman–Crippen LogP) is -0.423. The number of nitro benzene ring substituents is 1. The zero-order valence-electron chi connectivity index (χ0n) is 13.3. The molecule has 0 aliphatic rings. The minimum Gasteiger partial charge on any atom is -0.308 e. The van der Waals surface area contributed by atoms with E-state index in [1.165, 1.54) is 24.3 Å². The molecule has 12 heteroatoms. The molecular formula is C15H10N6O6. The standard InChI is InChI=1S/C15H10N6O6/c22-10-5-9(11-12(17-10)18-15(25)19-14(11)24)13(23)20-16-6-7-2-1-3-8(4-7)21(26)27/h1-6H,(H,20,23)(H3,17,18,19,22,24,25)/b16-6+. The number of hydrogen-bond acceptors (Lipinski definition) is 7. The molecule has 3 aromatic rings. The lowest BCUT2D eigenvalue weighted by atomic mass is 10.1. The molecule has 0 fully saturated rings. The van der Waals surface area contributed by atoms with Gasteiger partial charge in [-0.25, -0.2) is 10.2 Å². The molecule has 12 nitrogen and oxygen atoms in total. The van der Waals surface area contributed by atoms with E-state index in [9.17, 15) is 29.3 Å². The first-order chi connectivity index (χ1) is 12.8. The van der Waals surface area contributed by atoms with E-state index in [4.69, 9.17) is 0 Å². The second-order valence-corrected chi connectivity index (χ2v) is 5.26. The van der Waals surface area contributed by atoms with Gasteiger partial charge in [0.15, 0.2) is 0 Å². The second-order valence-electron chi connectivity index (χ2n) is 5.26. The zero-order valence-corrected chi connectivity index (χ0v) is 13.3. The Morgan fingerprint density at radius 2 is 1.93 bits per heavy atom. The number of aromatic amines is 3. The SMILES string of the molecule is O=C(N/N=C/c1cccc([N+](=O)[O-])c1)c1cc(=O)[nH]c2[nH]c(=O)[nH]c(=O)c12. The molecule has 0 unspecified atom stereocenters. The number of carbonyl (C=O) groups excluding carboxylic acids is 1. The molecule has 3 rings (SSSR count). The number of H-pyrrole nitrogens is 3. The number of fused-ring (bicyclic) bond motifs is 1. The highest BCUT2D eigenvalue weighted by molar-refractivity contribution is 6.05. The van der Waals surface area contributed by atoms with Crippen molar-refractivity contribution < 1.29 is 9.72 Å². The highest BCUT2D eigenvalue weighted by Crippen LogP contribution is 2.11. The highest BCUT2D eigenvalue weighted by atomic mass is 16.6. The van der Waals surface area contributed by atoms with Crippen molar-refractivity contribution >= 4 is 28.8 Å². The average Bonchev–Trinajstić information content (AvgIpc) is 2.60. The molecule has 0 aliphatic heterocycles. The van der Waals surface area contributed by atoms with E-state index in [2.05, 4.69) is 20.5 Å². The largest absolute Gasteiger partial charge is 0.327 e. The summed E-state index contributed by atoms with van der Waals surface area (Å²) < 4.78 is 0. The van der Waals surface area contributed by atoms with Crippen LogP contribution in [0.1, 0.15) is 15.9 Å². The lowest BCUT2D eigenvalue weighted by molar-refractivity contribution is -0.384. The fraction of sp³-hybridized carbons (Fsp3) is 0. The Bertz CT molecular complexity index is 1260. The molecule has 0 atom stereocenters. The second kappa shape index (κ2) is 6.87. The third-order valence-corrected chi connectivity index (χ3v) is 3.44. The van der Waals surface area contributed by atoms with Crippen LogP contribution in [0.15, 0.2) is 49.8 Å². The fourth-order valence-corrected chi connectivity index (χ4v) is 2.32. The van der Waals surface area contributed by atoms with Crippen LogP contribution >= 0.6 is 0 Å². The monoisotopic (exact) mass is 370 g/mol.